The van der Waals surface area contributed by atoms with Crippen LogP contribution < -0.4 is 16.0 Å². The van der Waals surface area contributed by atoms with Crippen LogP contribution in [0.4, 0.5) is 4.79 Å². The molecule has 3 amide bonds. The zero-order valence-corrected chi connectivity index (χ0v) is 26.6. The van der Waals surface area contributed by atoms with Gasteiger partial charge in [-0.25, -0.2) is 4.79 Å². The van der Waals surface area contributed by atoms with Gasteiger partial charge in [0.15, 0.2) is 0 Å². The lowest BCUT2D eigenvalue weighted by atomic mass is 9.89. The van der Waals surface area contributed by atoms with Gasteiger partial charge in [-0.1, -0.05) is 27.7 Å². The molecule has 0 heterocycles. The molecule has 0 fully saturated rings. The molecule has 0 aliphatic carbocycles. The fourth-order valence-corrected chi connectivity index (χ4v) is 3.98. The van der Waals surface area contributed by atoms with Gasteiger partial charge in [-0.05, 0) is 66.7 Å². The second kappa shape index (κ2) is 16.4. The van der Waals surface area contributed by atoms with Crippen molar-refractivity contribution >= 4 is 29.8 Å². The Bertz CT molecular complexity index is 858. The Morgan fingerprint density at radius 2 is 1.20 bits per heavy atom. The topological polar surface area (TPSA) is 149 Å². The minimum Gasteiger partial charge on any atom is -0.469 e. The van der Waals surface area contributed by atoms with E-state index in [9.17, 15) is 24.0 Å². The van der Waals surface area contributed by atoms with E-state index in [-0.39, 0.29) is 42.9 Å². The van der Waals surface area contributed by atoms with Crippen LogP contribution in [0.25, 0.3) is 0 Å². The molecule has 0 aliphatic heterocycles. The number of hydrogen-bond donors (Lipinski definition) is 3. The number of carbonyl (C=O) groups is 5. The van der Waals surface area contributed by atoms with E-state index in [4.69, 9.17) is 14.2 Å². The molecule has 11 nitrogen and oxygen atoms in total. The van der Waals surface area contributed by atoms with Crippen molar-refractivity contribution in [2.45, 2.75) is 131 Å². The van der Waals surface area contributed by atoms with Crippen molar-refractivity contribution in [2.24, 2.45) is 17.8 Å². The molecule has 0 spiro atoms. The third-order valence-electron chi connectivity index (χ3n) is 5.68. The van der Waals surface area contributed by atoms with Crippen LogP contribution >= 0.6 is 0 Å². The molecule has 0 rings (SSSR count). The zero-order chi connectivity index (χ0) is 31.4. The van der Waals surface area contributed by atoms with Crippen molar-refractivity contribution < 1.29 is 38.2 Å². The molecule has 0 bridgehead atoms. The lowest BCUT2D eigenvalue weighted by Gasteiger charge is -2.29. The number of rotatable bonds is 14. The summed E-state index contributed by atoms with van der Waals surface area (Å²) in [5, 5.41) is 8.40. The minimum atomic E-state index is -0.929. The quantitative estimate of drug-likeness (QED) is 0.210. The van der Waals surface area contributed by atoms with E-state index in [1.54, 1.807) is 48.5 Å². The smallest absolute Gasteiger partial charge is 0.407 e. The van der Waals surface area contributed by atoms with Gasteiger partial charge in [-0.3, -0.25) is 19.2 Å². The first-order valence-electron chi connectivity index (χ1n) is 14.0. The lowest BCUT2D eigenvalue weighted by Crippen LogP contribution is -2.48. The Morgan fingerprint density at radius 1 is 0.675 bits per heavy atom. The molecule has 0 radical (unpaired) electrons. The predicted octanol–water partition coefficient (Wildman–Crippen LogP) is 3.87. The maximum Gasteiger partial charge on any atom is 0.407 e. The Morgan fingerprint density at radius 3 is 1.65 bits per heavy atom. The number of alkyl carbamates (subject to hydrolysis) is 1. The van der Waals surface area contributed by atoms with Crippen molar-refractivity contribution in [2.75, 3.05) is 7.11 Å². The number of carbonyl (C=O) groups excluding carboxylic acids is 5. The average molecular weight is 572 g/mol. The summed E-state index contributed by atoms with van der Waals surface area (Å²) in [6.45, 7) is 19.8. The van der Waals surface area contributed by atoms with Gasteiger partial charge in [0.2, 0.25) is 11.8 Å². The molecule has 0 aromatic carbocycles. The van der Waals surface area contributed by atoms with Crippen LogP contribution in [0.1, 0.15) is 102 Å². The molecular formula is C29H53N3O8. The van der Waals surface area contributed by atoms with Crippen molar-refractivity contribution in [3.63, 3.8) is 0 Å². The molecule has 0 aromatic heterocycles. The highest BCUT2D eigenvalue weighted by Crippen LogP contribution is 2.21. The van der Waals surface area contributed by atoms with E-state index in [1.165, 1.54) is 7.11 Å². The Kier molecular flexibility index (Phi) is 15.3. The van der Waals surface area contributed by atoms with Gasteiger partial charge in [0.05, 0.1) is 19.4 Å². The van der Waals surface area contributed by atoms with Crippen molar-refractivity contribution in [3.8, 4) is 0 Å². The van der Waals surface area contributed by atoms with Crippen molar-refractivity contribution in [1.82, 2.24) is 16.0 Å². The first-order valence-corrected chi connectivity index (χ1v) is 14.0. The molecule has 40 heavy (non-hydrogen) atoms. The van der Waals surface area contributed by atoms with Crippen LogP contribution in [0.5, 0.6) is 0 Å². The van der Waals surface area contributed by atoms with Crippen LogP contribution in [-0.2, 0) is 33.4 Å². The SMILES string of the molecule is COC(=O)[C@@H](CC(=O)OC(C)(C)C)[C@H](CC(C)C)NC(=O)C[C@H](C)NC(=O)C[C@@H](NC(=O)OC(C)(C)C)C(C)C. The summed E-state index contributed by atoms with van der Waals surface area (Å²) < 4.78 is 15.6. The third-order valence-corrected chi connectivity index (χ3v) is 5.68. The molecule has 0 saturated heterocycles. The van der Waals surface area contributed by atoms with E-state index in [0.717, 1.165) is 0 Å². The fourth-order valence-electron chi connectivity index (χ4n) is 3.98. The van der Waals surface area contributed by atoms with Crippen molar-refractivity contribution in [3.05, 3.63) is 0 Å². The summed E-state index contributed by atoms with van der Waals surface area (Å²) in [5.74, 6) is -2.74. The van der Waals surface area contributed by atoms with Gasteiger partial charge in [-0.15, -0.1) is 0 Å². The minimum absolute atomic E-state index is 0.0130. The highest BCUT2D eigenvalue weighted by Gasteiger charge is 2.35. The Balaban J connectivity index is 5.31. The largest absolute Gasteiger partial charge is 0.469 e. The van der Waals surface area contributed by atoms with Crippen LogP contribution in [0.15, 0.2) is 0 Å². The molecule has 0 aliphatic rings. The van der Waals surface area contributed by atoms with Gasteiger partial charge >= 0.3 is 18.0 Å². The number of methoxy groups -OCH3 is 1. The van der Waals surface area contributed by atoms with E-state index in [2.05, 4.69) is 16.0 Å². The summed E-state index contributed by atoms with van der Waals surface area (Å²) in [7, 11) is 1.23. The van der Waals surface area contributed by atoms with Crippen LogP contribution in [0.3, 0.4) is 0 Å². The summed E-state index contributed by atoms with van der Waals surface area (Å²) in [4.78, 5) is 63.0. The molecule has 4 atom stereocenters. The predicted molar refractivity (Wildman–Crippen MR) is 152 cm³/mol. The maximum atomic E-state index is 13.0. The van der Waals surface area contributed by atoms with Gasteiger partial charge in [-0.2, -0.15) is 0 Å². The second-order valence-corrected chi connectivity index (χ2v) is 13.1. The highest BCUT2D eigenvalue weighted by molar-refractivity contribution is 5.83. The number of hydrogen-bond acceptors (Lipinski definition) is 8. The van der Waals surface area contributed by atoms with Gasteiger partial charge in [0.25, 0.3) is 0 Å². The van der Waals surface area contributed by atoms with Gasteiger partial charge in [0.1, 0.15) is 11.2 Å². The Labute approximate surface area is 240 Å². The highest BCUT2D eigenvalue weighted by atomic mass is 16.6. The summed E-state index contributed by atoms with van der Waals surface area (Å²) in [5.41, 5.74) is -1.39. The monoisotopic (exact) mass is 571 g/mol. The van der Waals surface area contributed by atoms with Gasteiger partial charge in [0, 0.05) is 31.0 Å². The zero-order valence-electron chi connectivity index (χ0n) is 26.6. The number of amides is 3. The van der Waals surface area contributed by atoms with Crippen LogP contribution in [0, 0.1) is 17.8 Å². The van der Waals surface area contributed by atoms with Crippen LogP contribution in [-0.4, -0.2) is 66.3 Å². The molecule has 0 aromatic rings. The number of ether oxygens (including phenoxy) is 3. The molecule has 3 N–H and O–H groups in total. The molecule has 11 heteroatoms. The van der Waals surface area contributed by atoms with E-state index in [0.29, 0.717) is 6.42 Å². The van der Waals surface area contributed by atoms with E-state index in [1.807, 2.05) is 27.7 Å². The average Bonchev–Trinajstić information content (AvgIpc) is 2.72. The van der Waals surface area contributed by atoms with E-state index >= 15 is 0 Å². The third kappa shape index (κ3) is 17.0. The lowest BCUT2D eigenvalue weighted by molar-refractivity contribution is -0.161. The normalized spacial score (nSPS) is 14.9. The van der Waals surface area contributed by atoms with E-state index < -0.39 is 53.3 Å². The standard InChI is InChI=1S/C29H53N3O8/c1-17(2)13-22(20(26(36)38-12)15-25(35)39-28(6,7)8)31-23(33)14-19(5)30-24(34)16-21(18(3)4)32-27(37)40-29(9,10)11/h17-22H,13-16H2,1-12H3,(H,30,34)(H,31,33)(H,32,37)/t19-,20-,21+,22-/m0/s1. The molecule has 0 saturated carbocycles. The van der Waals surface area contributed by atoms with Crippen molar-refractivity contribution in [1.29, 1.82) is 0 Å². The van der Waals surface area contributed by atoms with Crippen LogP contribution in [0.2, 0.25) is 0 Å². The summed E-state index contributed by atoms with van der Waals surface area (Å²) >= 11 is 0. The summed E-state index contributed by atoms with van der Waals surface area (Å²) in [6, 6.07) is -1.65. The first kappa shape index (κ1) is 37.1. The summed E-state index contributed by atoms with van der Waals surface area (Å²) in [6.07, 6.45) is -0.448. The number of esters is 2. The first-order chi connectivity index (χ1) is 18.1. The molecule has 0 unspecified atom stereocenters. The Hall–Kier alpha value is -2.85. The number of nitrogens with one attached hydrogen (secondary N) is 3. The molecular weight excluding hydrogens is 518 g/mol. The maximum absolute atomic E-state index is 13.0. The second-order valence-electron chi connectivity index (χ2n) is 13.1. The fraction of sp³-hybridized carbons (Fsp3) is 0.828. The molecule has 232 valence electrons. The van der Waals surface area contributed by atoms with Gasteiger partial charge < -0.3 is 30.2 Å².